The number of pyridine rings is 1. The van der Waals surface area contributed by atoms with Crippen LogP contribution < -0.4 is 10.1 Å². The molecule has 0 radical (unpaired) electrons. The van der Waals surface area contributed by atoms with E-state index in [9.17, 15) is 23.6 Å². The van der Waals surface area contributed by atoms with E-state index < -0.39 is 30.9 Å². The number of hydrogen-bond acceptors (Lipinski definition) is 6. The van der Waals surface area contributed by atoms with Crippen LogP contribution in [0.15, 0.2) is 36.5 Å². The molecule has 1 atom stereocenters. The number of likely N-dealkylation sites (tertiary alicyclic amines) is 1. The lowest BCUT2D eigenvalue weighted by Gasteiger charge is -2.38. The second-order valence-corrected chi connectivity index (χ2v) is 8.32. The predicted octanol–water partition coefficient (Wildman–Crippen LogP) is 3.50. The van der Waals surface area contributed by atoms with Crippen LogP contribution in [0.4, 0.5) is 14.6 Å². The first-order valence-corrected chi connectivity index (χ1v) is 10.8. The van der Waals surface area contributed by atoms with E-state index in [2.05, 4.69) is 10.3 Å². The first kappa shape index (κ1) is 23.1. The van der Waals surface area contributed by atoms with Gasteiger partial charge in [-0.15, -0.1) is 0 Å². The fourth-order valence-electron chi connectivity index (χ4n) is 3.76. The zero-order valence-electron chi connectivity index (χ0n) is 18.1. The summed E-state index contributed by atoms with van der Waals surface area (Å²) in [6, 6.07) is 11.7. The summed E-state index contributed by atoms with van der Waals surface area (Å²) in [4.78, 5) is 28.9. The molecule has 1 N–H and O–H groups in total. The Morgan fingerprint density at radius 1 is 1.18 bits per heavy atom. The summed E-state index contributed by atoms with van der Waals surface area (Å²) in [7, 11) is 0. The normalized spacial score (nSPS) is 18.9. The number of benzene rings is 1. The van der Waals surface area contributed by atoms with E-state index in [4.69, 9.17) is 10.00 Å². The summed E-state index contributed by atoms with van der Waals surface area (Å²) < 4.78 is 34.9. The SMILES string of the molecule is N#CCC(=O)N1CCC(Oc2ccc(-c3ccnc(NC(=O)C4CC4)c3)cc2C#N)C(F)(F)C1. The molecular formula is C24H21F2N5O3. The highest BCUT2D eigenvalue weighted by Gasteiger charge is 2.47. The number of halogens is 2. The van der Waals surface area contributed by atoms with E-state index >= 15 is 0 Å². The lowest BCUT2D eigenvalue weighted by atomic mass is 10.0. The van der Waals surface area contributed by atoms with Gasteiger partial charge in [0.05, 0.1) is 18.2 Å². The Hall–Kier alpha value is -4.05. The number of ether oxygens (including phenoxy) is 1. The maximum Gasteiger partial charge on any atom is 0.301 e. The Labute approximate surface area is 194 Å². The molecule has 34 heavy (non-hydrogen) atoms. The molecule has 2 heterocycles. The Morgan fingerprint density at radius 3 is 2.62 bits per heavy atom. The predicted molar refractivity (Wildman–Crippen MR) is 117 cm³/mol. The van der Waals surface area contributed by atoms with E-state index in [-0.39, 0.29) is 36.1 Å². The van der Waals surface area contributed by atoms with Crippen LogP contribution >= 0.6 is 0 Å². The van der Waals surface area contributed by atoms with Crippen LogP contribution in [0.1, 0.15) is 31.2 Å². The van der Waals surface area contributed by atoms with Gasteiger partial charge in [0.2, 0.25) is 11.8 Å². The van der Waals surface area contributed by atoms with Crippen LogP contribution in [-0.2, 0) is 9.59 Å². The molecule has 2 aromatic rings. The second-order valence-electron chi connectivity index (χ2n) is 8.32. The average molecular weight is 465 g/mol. The minimum Gasteiger partial charge on any atom is -0.483 e. The maximum absolute atomic E-state index is 14.7. The van der Waals surface area contributed by atoms with Crippen LogP contribution in [0.3, 0.4) is 0 Å². The van der Waals surface area contributed by atoms with Crippen molar-refractivity contribution in [2.45, 2.75) is 37.7 Å². The summed E-state index contributed by atoms with van der Waals surface area (Å²) in [5, 5.41) is 21.0. The number of alkyl halides is 2. The molecule has 1 aromatic carbocycles. The maximum atomic E-state index is 14.7. The highest BCUT2D eigenvalue weighted by molar-refractivity contribution is 5.93. The lowest BCUT2D eigenvalue weighted by molar-refractivity contribution is -0.159. The van der Waals surface area contributed by atoms with E-state index in [1.165, 1.54) is 18.3 Å². The molecule has 8 nitrogen and oxygen atoms in total. The van der Waals surface area contributed by atoms with Gasteiger partial charge in [0, 0.05) is 25.1 Å². The van der Waals surface area contributed by atoms with Gasteiger partial charge in [-0.25, -0.2) is 13.8 Å². The van der Waals surface area contributed by atoms with Crippen LogP contribution in [0.2, 0.25) is 0 Å². The molecule has 4 rings (SSSR count). The van der Waals surface area contributed by atoms with E-state index in [0.29, 0.717) is 16.9 Å². The molecule has 1 aliphatic heterocycles. The van der Waals surface area contributed by atoms with Crippen LogP contribution in [-0.4, -0.2) is 46.8 Å². The van der Waals surface area contributed by atoms with E-state index in [1.54, 1.807) is 24.3 Å². The molecule has 1 aromatic heterocycles. The number of aromatic nitrogens is 1. The monoisotopic (exact) mass is 465 g/mol. The van der Waals surface area contributed by atoms with Crippen molar-refractivity contribution >= 4 is 17.6 Å². The summed E-state index contributed by atoms with van der Waals surface area (Å²) in [6.45, 7) is -0.808. The Balaban J connectivity index is 1.49. The number of carbonyl (C=O) groups excluding carboxylic acids is 2. The van der Waals surface area contributed by atoms with Crippen molar-refractivity contribution in [3.63, 3.8) is 0 Å². The molecule has 0 bridgehead atoms. The van der Waals surface area contributed by atoms with Gasteiger partial charge < -0.3 is 15.0 Å². The van der Waals surface area contributed by atoms with Crippen LogP contribution in [0.5, 0.6) is 5.75 Å². The fraction of sp³-hybridized carbons (Fsp3) is 0.375. The number of carbonyl (C=O) groups is 2. The number of hydrogen-bond donors (Lipinski definition) is 1. The Morgan fingerprint density at radius 2 is 1.94 bits per heavy atom. The number of nitrogens with zero attached hydrogens (tertiary/aromatic N) is 4. The van der Waals surface area contributed by atoms with Crippen molar-refractivity contribution in [2.75, 3.05) is 18.4 Å². The number of piperidine rings is 1. The third-order valence-electron chi connectivity index (χ3n) is 5.78. The third-order valence-corrected chi connectivity index (χ3v) is 5.78. The zero-order valence-corrected chi connectivity index (χ0v) is 18.1. The van der Waals surface area contributed by atoms with Gasteiger partial charge in [-0.2, -0.15) is 10.5 Å². The minimum atomic E-state index is -3.34. The zero-order chi connectivity index (χ0) is 24.3. The van der Waals surface area contributed by atoms with E-state index in [0.717, 1.165) is 17.7 Å². The summed E-state index contributed by atoms with van der Waals surface area (Å²) in [5.74, 6) is -3.62. The highest BCUT2D eigenvalue weighted by Crippen LogP contribution is 2.34. The standard InChI is InChI=1S/C24H21F2N5O3/c25-24(26)14-31(22(32)5-8-27)10-7-20(24)34-19-4-3-16(11-18(19)13-28)17-6-9-29-21(12-17)30-23(33)15-1-2-15/h3-4,6,9,11-12,15,20H,1-2,5,7,10,14H2,(H,29,30,33). The Kier molecular flexibility index (Phi) is 6.42. The first-order valence-electron chi connectivity index (χ1n) is 10.8. The summed E-state index contributed by atoms with van der Waals surface area (Å²) in [5.41, 5.74) is 1.41. The van der Waals surface area contributed by atoms with Gasteiger partial charge >= 0.3 is 5.92 Å². The quantitative estimate of drug-likeness (QED) is 0.697. The molecule has 1 saturated carbocycles. The van der Waals surface area contributed by atoms with Gasteiger partial charge in [-0.05, 0) is 48.2 Å². The van der Waals surface area contributed by atoms with E-state index in [1.807, 2.05) is 6.07 Å². The molecule has 1 aliphatic carbocycles. The largest absolute Gasteiger partial charge is 0.483 e. The smallest absolute Gasteiger partial charge is 0.301 e. The van der Waals surface area contributed by atoms with Crippen molar-refractivity contribution in [3.05, 3.63) is 42.1 Å². The molecule has 0 spiro atoms. The molecule has 1 saturated heterocycles. The molecule has 1 unspecified atom stereocenters. The van der Waals surface area contributed by atoms with Crippen molar-refractivity contribution in [1.82, 2.24) is 9.88 Å². The molecular weight excluding hydrogens is 444 g/mol. The van der Waals surface area contributed by atoms with Crippen LogP contribution in [0.25, 0.3) is 11.1 Å². The molecule has 2 fully saturated rings. The van der Waals surface area contributed by atoms with Gasteiger partial charge in [-0.3, -0.25) is 9.59 Å². The average Bonchev–Trinajstić information content (AvgIpc) is 3.66. The minimum absolute atomic E-state index is 0.0176. The number of anilines is 1. The highest BCUT2D eigenvalue weighted by atomic mass is 19.3. The Bertz CT molecular complexity index is 1200. The van der Waals surface area contributed by atoms with Gasteiger partial charge in [0.25, 0.3) is 0 Å². The summed E-state index contributed by atoms with van der Waals surface area (Å²) >= 11 is 0. The second kappa shape index (κ2) is 9.44. The van der Waals surface area contributed by atoms with Crippen molar-refractivity contribution in [1.29, 1.82) is 10.5 Å². The van der Waals surface area contributed by atoms with Gasteiger partial charge in [-0.1, -0.05) is 6.07 Å². The van der Waals surface area contributed by atoms with Crippen molar-refractivity contribution < 1.29 is 23.1 Å². The number of nitriles is 2. The fourth-order valence-corrected chi connectivity index (χ4v) is 3.76. The number of rotatable bonds is 6. The first-order chi connectivity index (χ1) is 16.3. The molecule has 174 valence electrons. The number of nitrogens with one attached hydrogen (secondary N) is 1. The van der Waals surface area contributed by atoms with Crippen LogP contribution in [0, 0.1) is 28.6 Å². The number of amides is 2. The molecule has 2 amide bonds. The topological polar surface area (TPSA) is 119 Å². The van der Waals surface area contributed by atoms with Crippen molar-refractivity contribution in [2.24, 2.45) is 5.92 Å². The lowest BCUT2D eigenvalue weighted by Crippen LogP contribution is -2.55. The van der Waals surface area contributed by atoms with Gasteiger partial charge in [0.1, 0.15) is 24.1 Å². The molecule has 2 aliphatic rings. The van der Waals surface area contributed by atoms with Gasteiger partial charge in [0.15, 0.2) is 6.10 Å². The molecule has 10 heteroatoms. The summed E-state index contributed by atoms with van der Waals surface area (Å²) in [6.07, 6.45) is 1.17. The van der Waals surface area contributed by atoms with Crippen molar-refractivity contribution in [3.8, 4) is 29.0 Å². The third kappa shape index (κ3) is 5.12.